The van der Waals surface area contributed by atoms with Gasteiger partial charge in [0.2, 0.25) is 35.6 Å². The predicted octanol–water partition coefficient (Wildman–Crippen LogP) is 7.74. The highest BCUT2D eigenvalue weighted by molar-refractivity contribution is 5.92. The third kappa shape index (κ3) is 17.0. The fourth-order valence-electron chi connectivity index (χ4n) is 7.02. The molecule has 0 atom stereocenters. The van der Waals surface area contributed by atoms with Gasteiger partial charge >= 0.3 is 5.97 Å². The Morgan fingerprint density at radius 2 is 1.11 bits per heavy atom. The van der Waals surface area contributed by atoms with Crippen LogP contribution in [0.2, 0.25) is 0 Å². The first-order valence-corrected chi connectivity index (χ1v) is 24.8. The Hall–Kier alpha value is -10.6. The molecule has 0 saturated carbocycles. The quantitative estimate of drug-likeness (QED) is 0.0563. The number of methoxy groups -OCH3 is 1. The Morgan fingerprint density at radius 1 is 0.633 bits per heavy atom. The minimum absolute atomic E-state index is 0.0220. The van der Waals surface area contributed by atoms with Crippen molar-refractivity contribution in [3.63, 3.8) is 0 Å². The Bertz CT molecular complexity index is 3660. The van der Waals surface area contributed by atoms with Crippen LogP contribution >= 0.6 is 0 Å². The van der Waals surface area contributed by atoms with Gasteiger partial charge in [-0.2, -0.15) is 9.97 Å². The van der Waals surface area contributed by atoms with Crippen molar-refractivity contribution in [2.45, 2.75) is 73.4 Å². The van der Waals surface area contributed by atoms with Gasteiger partial charge in [0.15, 0.2) is 11.5 Å². The lowest BCUT2D eigenvalue weighted by Crippen LogP contribution is -2.04. The molecule has 0 saturated heterocycles. The van der Waals surface area contributed by atoms with Gasteiger partial charge in [0.05, 0.1) is 24.2 Å². The number of aromatic nitrogens is 14. The van der Waals surface area contributed by atoms with Crippen molar-refractivity contribution in [1.82, 2.24) is 67.4 Å². The number of aromatic carboxylic acids is 1. The number of nitrogens with zero attached hydrogens (tertiary/aromatic N) is 15. The molecule has 11 rings (SSSR count). The highest BCUT2D eigenvalue weighted by Crippen LogP contribution is 2.20. The molecule has 2 aromatic carbocycles. The van der Waals surface area contributed by atoms with Gasteiger partial charge in [0, 0.05) is 80.5 Å². The van der Waals surface area contributed by atoms with E-state index in [0.29, 0.717) is 42.1 Å². The lowest BCUT2D eigenvalue weighted by Gasteiger charge is -2.08. The van der Waals surface area contributed by atoms with Gasteiger partial charge in [0.1, 0.15) is 29.5 Å². The molecule has 24 heteroatoms. The molecule has 0 aliphatic rings. The number of benzene rings is 2. The number of carbonyl (C=O) groups is 2. The van der Waals surface area contributed by atoms with Crippen molar-refractivity contribution >= 4 is 64.6 Å². The summed E-state index contributed by atoms with van der Waals surface area (Å²) < 4.78 is 12.2. The molecule has 0 fully saturated rings. The van der Waals surface area contributed by atoms with Gasteiger partial charge in [-0.1, -0.05) is 69.7 Å². The molecule has 0 aliphatic heterocycles. The Balaban J connectivity index is 0.000000177. The Kier molecular flexibility index (Phi) is 23.1. The summed E-state index contributed by atoms with van der Waals surface area (Å²) >= 11 is 0. The van der Waals surface area contributed by atoms with Crippen molar-refractivity contribution in [2.24, 2.45) is 0 Å². The van der Waals surface area contributed by atoms with Crippen LogP contribution in [0, 0.1) is 13.5 Å². The van der Waals surface area contributed by atoms with Crippen molar-refractivity contribution in [3.05, 3.63) is 192 Å². The van der Waals surface area contributed by atoms with Crippen molar-refractivity contribution in [3.8, 4) is 5.75 Å². The molecular formula is C55H64N20O4. The number of nitrogens with one attached hydrogen (secondary N) is 1. The summed E-state index contributed by atoms with van der Waals surface area (Å²) in [7, 11) is 1.67. The molecule has 79 heavy (non-hydrogen) atoms. The number of hydrogen-bond donors (Lipinski definition) is 6. The third-order valence-corrected chi connectivity index (χ3v) is 10.9. The van der Waals surface area contributed by atoms with Gasteiger partial charge in [-0.3, -0.25) is 17.6 Å². The number of hydrogen-bond acceptors (Lipinski definition) is 18. The molecule has 0 aliphatic carbocycles. The van der Waals surface area contributed by atoms with Crippen LogP contribution in [0.4, 0.5) is 29.2 Å². The summed E-state index contributed by atoms with van der Waals surface area (Å²) in [5.74, 6) is 4.70. The van der Waals surface area contributed by atoms with Crippen molar-refractivity contribution in [2.75, 3.05) is 35.4 Å². The molecule has 0 amide bonds. The number of fused-ring (bicyclic) bond motifs is 4. The first-order valence-electron chi connectivity index (χ1n) is 24.8. The summed E-state index contributed by atoms with van der Waals surface area (Å²) in [6.07, 6.45) is 21.3. The average Bonchev–Trinajstić information content (AvgIpc) is 4.29. The minimum Gasteiger partial charge on any atom is -0.497 e. The van der Waals surface area contributed by atoms with Gasteiger partial charge in [0.25, 0.3) is 0 Å². The molecule has 9 aromatic heterocycles. The lowest BCUT2D eigenvalue weighted by molar-refractivity contribution is -0.107. The summed E-state index contributed by atoms with van der Waals surface area (Å²) in [5.41, 5.74) is 28.5. The topological polar surface area (TPSA) is 331 Å². The number of carboxylic acids is 1. The zero-order valence-corrected chi connectivity index (χ0v) is 44.8. The van der Waals surface area contributed by atoms with Crippen molar-refractivity contribution < 1.29 is 19.4 Å². The molecule has 24 nitrogen and oxygen atoms in total. The molecule has 0 spiro atoms. The van der Waals surface area contributed by atoms with Crippen LogP contribution in [0.1, 0.15) is 78.4 Å². The van der Waals surface area contributed by atoms with E-state index in [1.165, 1.54) is 21.7 Å². The van der Waals surface area contributed by atoms with Crippen molar-refractivity contribution in [1.29, 1.82) is 0 Å². The van der Waals surface area contributed by atoms with Crippen LogP contribution in [0.3, 0.4) is 0 Å². The number of rotatable bonds is 10. The molecular weight excluding hydrogens is 1000 g/mol. The number of imidazole rings is 4. The number of anilines is 5. The van der Waals surface area contributed by atoms with Crippen LogP contribution in [-0.4, -0.2) is 91.9 Å². The molecule has 10 N–H and O–H groups in total. The fourth-order valence-corrected chi connectivity index (χ4v) is 7.02. The van der Waals surface area contributed by atoms with Crippen LogP contribution in [0.25, 0.3) is 28.0 Å². The smallest absolute Gasteiger partial charge is 0.356 e. The fraction of sp³-hybridized carbons (Fsp3) is 0.218. The minimum atomic E-state index is -1.11. The van der Waals surface area contributed by atoms with E-state index in [-0.39, 0.29) is 17.3 Å². The van der Waals surface area contributed by atoms with E-state index in [4.69, 9.17) is 39.4 Å². The largest absolute Gasteiger partial charge is 0.497 e. The van der Waals surface area contributed by atoms with Gasteiger partial charge in [-0.25, -0.2) is 51.2 Å². The summed E-state index contributed by atoms with van der Waals surface area (Å²) in [5, 5.41) is 12.2. The van der Waals surface area contributed by atoms with E-state index in [1.54, 1.807) is 60.8 Å². The Morgan fingerprint density at radius 3 is 1.61 bits per heavy atom. The number of carboxylic acid groups (broad SMARTS) is 1. The number of nitrogen functional groups attached to an aromatic ring is 4. The SMILES string of the molecule is CCC=O.CCc1c(N)nc2ncccn12.CCc1nc2ncccn2c1N.CCc1nc2ncccn2c1NCc1ccc(OC)cc1.Nc1nc2ncccn2c1C(=O)O.Nc1ncccn1.[C-]#[N+]Cc1ccc(C)cc1. The second-order valence-electron chi connectivity index (χ2n) is 16.4. The van der Waals surface area contributed by atoms with E-state index < -0.39 is 5.97 Å². The maximum atomic E-state index is 10.7. The number of ether oxygens (including phenoxy) is 1. The van der Waals surface area contributed by atoms with Crippen LogP contribution in [0.15, 0.2) is 141 Å². The second kappa shape index (κ2) is 30.7. The average molecular weight is 1070 g/mol. The number of aldehydes is 1. The monoisotopic (exact) mass is 1070 g/mol. The standard InChI is InChI=1S/C16H18N4O.C9H9N.2C8H10N4.C7H6N4O2.C4H5N3.C3H6O/c1-3-14-15(20-10-4-9-17-16(20)19-14)18-11-12-5-7-13(21-2)8-6-12;1-8-3-5-9(6-4-8)7-10-2;1-2-6-7(9)11-8-10-4-3-5-12(6)8;1-2-6-7(9)12-5-3-4-10-8(12)11-6;8-5-4(6(12)13)11-3-1-2-9-7(11)10-5;5-4-6-2-1-3-7-4;1-2-3-4/h4-10,18H,3,11H2,1-2H3;3-6H,7H2,1H3;2*3-5H,2,9H2,1H3;1-3H,8H2,(H,12,13);1-3H,(H2,5,6,7);3H,2H2,1H3. The predicted molar refractivity (Wildman–Crippen MR) is 305 cm³/mol. The van der Waals surface area contributed by atoms with E-state index >= 15 is 0 Å². The first kappa shape index (κ1) is 59.3. The van der Waals surface area contributed by atoms with Gasteiger partial charge in [-0.15, -0.1) is 0 Å². The maximum Gasteiger partial charge on any atom is 0.356 e. The van der Waals surface area contributed by atoms with E-state index in [1.807, 2.05) is 110 Å². The maximum absolute atomic E-state index is 10.7. The Labute approximate surface area is 456 Å². The zero-order chi connectivity index (χ0) is 57.1. The summed E-state index contributed by atoms with van der Waals surface area (Å²) in [4.78, 5) is 63.5. The number of carbonyl (C=O) groups excluding carboxylic acids is 1. The number of nitrogens with two attached hydrogens (primary N) is 4. The van der Waals surface area contributed by atoms with Crippen LogP contribution < -0.4 is 33.0 Å². The third-order valence-electron chi connectivity index (χ3n) is 10.9. The molecule has 0 radical (unpaired) electrons. The second-order valence-corrected chi connectivity index (χ2v) is 16.4. The number of aryl methyl sites for hydroxylation is 4. The molecule has 11 aromatic rings. The zero-order valence-electron chi connectivity index (χ0n) is 44.8. The molecule has 0 bridgehead atoms. The normalized spacial score (nSPS) is 10.0. The van der Waals surface area contributed by atoms with Crippen LogP contribution in [0.5, 0.6) is 5.75 Å². The molecule has 0 unspecified atom stereocenters. The summed E-state index contributed by atoms with van der Waals surface area (Å²) in [6.45, 7) is 17.9. The van der Waals surface area contributed by atoms with Crippen LogP contribution in [-0.2, 0) is 37.1 Å². The highest BCUT2D eigenvalue weighted by Gasteiger charge is 2.16. The molecule has 9 heterocycles. The van der Waals surface area contributed by atoms with E-state index in [9.17, 15) is 9.59 Å². The van der Waals surface area contributed by atoms with E-state index in [2.05, 4.69) is 79.1 Å². The van der Waals surface area contributed by atoms with E-state index in [0.717, 1.165) is 72.1 Å². The first-order chi connectivity index (χ1) is 38.3. The van der Waals surface area contributed by atoms with Gasteiger partial charge in [-0.05, 0) is 74.2 Å². The van der Waals surface area contributed by atoms with Gasteiger partial charge < -0.3 is 47.7 Å². The summed E-state index contributed by atoms with van der Waals surface area (Å²) in [6, 6.07) is 25.0. The molecule has 408 valence electrons. The lowest BCUT2D eigenvalue weighted by atomic mass is 10.2. The highest BCUT2D eigenvalue weighted by atomic mass is 16.5.